The Morgan fingerprint density at radius 1 is 1.00 bits per heavy atom. The average Bonchev–Trinajstić information content (AvgIpc) is 2.83. The molecule has 0 atom stereocenters. The zero-order chi connectivity index (χ0) is 25.6. The van der Waals surface area contributed by atoms with E-state index in [9.17, 15) is 13.2 Å². The molecule has 184 valence electrons. The molecule has 0 bridgehead atoms. The summed E-state index contributed by atoms with van der Waals surface area (Å²) >= 11 is 6.06. The number of aryl methyl sites for hydroxylation is 2. The lowest BCUT2D eigenvalue weighted by Gasteiger charge is -2.25. The second-order valence-electron chi connectivity index (χ2n) is 7.66. The average molecular weight is 516 g/mol. The van der Waals surface area contributed by atoms with Crippen LogP contribution >= 0.6 is 11.6 Å². The summed E-state index contributed by atoms with van der Waals surface area (Å²) in [5, 5.41) is 4.42. The van der Waals surface area contributed by atoms with Crippen molar-refractivity contribution >= 4 is 39.4 Å². The highest BCUT2D eigenvalue weighted by Crippen LogP contribution is 2.29. The van der Waals surface area contributed by atoms with Gasteiger partial charge in [-0.05, 0) is 73.5 Å². The van der Waals surface area contributed by atoms with Crippen molar-refractivity contribution in [3.05, 3.63) is 82.4 Å². The highest BCUT2D eigenvalue weighted by molar-refractivity contribution is 7.92. The van der Waals surface area contributed by atoms with Crippen molar-refractivity contribution in [2.75, 3.05) is 25.1 Å². The number of hydrazone groups is 1. The number of nitrogens with one attached hydrogen (secondary N) is 1. The van der Waals surface area contributed by atoms with Crippen molar-refractivity contribution in [3.8, 4) is 11.5 Å². The molecule has 0 aliphatic carbocycles. The van der Waals surface area contributed by atoms with Crippen LogP contribution in [0.4, 0.5) is 5.69 Å². The first kappa shape index (κ1) is 26.1. The molecule has 1 N–H and O–H groups in total. The topological polar surface area (TPSA) is 97.3 Å². The number of ether oxygens (including phenoxy) is 2. The van der Waals surface area contributed by atoms with Crippen LogP contribution in [-0.2, 0) is 14.8 Å². The molecule has 3 aromatic rings. The van der Waals surface area contributed by atoms with Gasteiger partial charge in [0.15, 0.2) is 11.5 Å². The first-order valence-corrected chi connectivity index (χ1v) is 12.4. The summed E-state index contributed by atoms with van der Waals surface area (Å²) in [4.78, 5) is 12.8. The lowest BCUT2D eigenvalue weighted by atomic mass is 10.2. The molecule has 3 rings (SSSR count). The van der Waals surface area contributed by atoms with Gasteiger partial charge >= 0.3 is 0 Å². The molecule has 0 aromatic heterocycles. The standard InChI is InChI=1S/C25H26ClN3O5S/c1-17-5-9-21(10-6-17)35(31,32)29(22-11-8-20(26)13-18(22)2)16-25(30)28-27-15-19-7-12-23(33-3)24(14-19)34-4/h5-15H,16H2,1-4H3,(H,28,30)/b27-15+. The minimum Gasteiger partial charge on any atom is -0.493 e. The summed E-state index contributed by atoms with van der Waals surface area (Å²) < 4.78 is 38.5. The summed E-state index contributed by atoms with van der Waals surface area (Å²) in [6, 6.07) is 16.4. The number of hydrogen-bond acceptors (Lipinski definition) is 6. The van der Waals surface area contributed by atoms with Crippen molar-refractivity contribution in [2.24, 2.45) is 5.10 Å². The van der Waals surface area contributed by atoms with Crippen LogP contribution in [0.5, 0.6) is 11.5 Å². The molecular formula is C25H26ClN3O5S. The normalized spacial score (nSPS) is 11.3. The Bertz CT molecular complexity index is 1340. The monoisotopic (exact) mass is 515 g/mol. The second kappa shape index (κ2) is 11.2. The van der Waals surface area contributed by atoms with Gasteiger partial charge in [0.05, 0.1) is 31.0 Å². The number of nitrogens with zero attached hydrogens (tertiary/aromatic N) is 2. The van der Waals surface area contributed by atoms with Gasteiger partial charge in [-0.2, -0.15) is 5.10 Å². The minimum absolute atomic E-state index is 0.0686. The predicted octanol–water partition coefficient (Wildman–Crippen LogP) is 4.32. The maximum absolute atomic E-state index is 13.5. The summed E-state index contributed by atoms with van der Waals surface area (Å²) in [6.07, 6.45) is 1.42. The molecule has 1 amide bonds. The van der Waals surface area contributed by atoms with Gasteiger partial charge in [0, 0.05) is 5.02 Å². The molecule has 0 saturated heterocycles. The highest BCUT2D eigenvalue weighted by atomic mass is 35.5. The van der Waals surface area contributed by atoms with Crippen LogP contribution in [0.25, 0.3) is 0 Å². The number of rotatable bonds is 9. The number of benzene rings is 3. The molecule has 0 heterocycles. The highest BCUT2D eigenvalue weighted by Gasteiger charge is 2.28. The van der Waals surface area contributed by atoms with E-state index in [1.54, 1.807) is 55.5 Å². The van der Waals surface area contributed by atoms with E-state index in [1.807, 2.05) is 6.92 Å². The first-order chi connectivity index (χ1) is 16.6. The summed E-state index contributed by atoms with van der Waals surface area (Å²) in [5.74, 6) is 0.451. The van der Waals surface area contributed by atoms with Crippen molar-refractivity contribution in [2.45, 2.75) is 18.7 Å². The Morgan fingerprint density at radius 3 is 2.31 bits per heavy atom. The van der Waals surface area contributed by atoms with Crippen LogP contribution < -0.4 is 19.2 Å². The van der Waals surface area contributed by atoms with Crippen molar-refractivity contribution in [1.29, 1.82) is 0 Å². The zero-order valence-electron chi connectivity index (χ0n) is 19.8. The van der Waals surface area contributed by atoms with Crippen LogP contribution in [0.15, 0.2) is 70.7 Å². The van der Waals surface area contributed by atoms with Crippen molar-refractivity contribution in [3.63, 3.8) is 0 Å². The van der Waals surface area contributed by atoms with Gasteiger partial charge in [-0.25, -0.2) is 13.8 Å². The number of methoxy groups -OCH3 is 2. The minimum atomic E-state index is -4.05. The van der Waals surface area contributed by atoms with E-state index in [0.29, 0.717) is 33.3 Å². The Balaban J connectivity index is 1.85. The molecule has 0 spiro atoms. The number of carbonyl (C=O) groups is 1. The quantitative estimate of drug-likeness (QED) is 0.338. The van der Waals surface area contributed by atoms with E-state index in [0.717, 1.165) is 9.87 Å². The predicted molar refractivity (Wildman–Crippen MR) is 137 cm³/mol. The molecule has 3 aromatic carbocycles. The molecule has 0 unspecified atom stereocenters. The maximum atomic E-state index is 13.5. The molecular weight excluding hydrogens is 490 g/mol. The number of carbonyl (C=O) groups excluding carboxylic acids is 1. The molecule has 10 heteroatoms. The Morgan fingerprint density at radius 2 is 1.69 bits per heavy atom. The molecule has 8 nitrogen and oxygen atoms in total. The largest absolute Gasteiger partial charge is 0.493 e. The van der Waals surface area contributed by atoms with E-state index in [-0.39, 0.29) is 4.90 Å². The van der Waals surface area contributed by atoms with Crippen LogP contribution in [0, 0.1) is 13.8 Å². The fourth-order valence-corrected chi connectivity index (χ4v) is 5.03. The van der Waals surface area contributed by atoms with Gasteiger partial charge in [-0.3, -0.25) is 9.10 Å². The molecule has 0 radical (unpaired) electrons. The van der Waals surface area contributed by atoms with Crippen LogP contribution in [0.3, 0.4) is 0 Å². The molecule has 0 saturated carbocycles. The Hall–Kier alpha value is -3.56. The van der Waals surface area contributed by atoms with Gasteiger partial charge in [-0.15, -0.1) is 0 Å². The van der Waals surface area contributed by atoms with E-state index in [2.05, 4.69) is 10.5 Å². The van der Waals surface area contributed by atoms with Gasteiger partial charge in [0.25, 0.3) is 15.9 Å². The fraction of sp³-hybridized carbons (Fsp3) is 0.200. The van der Waals surface area contributed by atoms with Crippen molar-refractivity contribution in [1.82, 2.24) is 5.43 Å². The molecule has 0 fully saturated rings. The van der Waals surface area contributed by atoms with Gasteiger partial charge < -0.3 is 9.47 Å². The van der Waals surface area contributed by atoms with Gasteiger partial charge in [0.1, 0.15) is 6.54 Å². The third kappa shape index (κ3) is 6.32. The van der Waals surface area contributed by atoms with E-state index >= 15 is 0 Å². The molecule has 0 aliphatic heterocycles. The maximum Gasteiger partial charge on any atom is 0.264 e. The van der Waals surface area contributed by atoms with Gasteiger partial charge in [-0.1, -0.05) is 29.3 Å². The number of amides is 1. The van der Waals surface area contributed by atoms with Gasteiger partial charge in [0.2, 0.25) is 0 Å². The van der Waals surface area contributed by atoms with Crippen molar-refractivity contribution < 1.29 is 22.7 Å². The lowest BCUT2D eigenvalue weighted by Crippen LogP contribution is -2.40. The summed E-state index contributed by atoms with van der Waals surface area (Å²) in [5.41, 5.74) is 4.91. The summed E-state index contributed by atoms with van der Waals surface area (Å²) in [6.45, 7) is 3.11. The third-order valence-corrected chi connectivity index (χ3v) is 7.14. The fourth-order valence-electron chi connectivity index (χ4n) is 3.31. The first-order valence-electron chi connectivity index (χ1n) is 10.5. The van der Waals surface area contributed by atoms with E-state index < -0.39 is 22.5 Å². The lowest BCUT2D eigenvalue weighted by molar-refractivity contribution is -0.119. The number of halogens is 1. The Labute approximate surface area is 210 Å². The summed E-state index contributed by atoms with van der Waals surface area (Å²) in [7, 11) is -0.999. The Kier molecular flexibility index (Phi) is 8.37. The van der Waals surface area contributed by atoms with Crippen LogP contribution in [0.2, 0.25) is 5.02 Å². The van der Waals surface area contributed by atoms with E-state index in [1.165, 1.54) is 32.6 Å². The SMILES string of the molecule is COc1ccc(/C=N/NC(=O)CN(c2ccc(Cl)cc2C)S(=O)(=O)c2ccc(C)cc2)cc1OC. The molecule has 35 heavy (non-hydrogen) atoms. The number of hydrogen-bond donors (Lipinski definition) is 1. The third-order valence-electron chi connectivity index (χ3n) is 5.13. The zero-order valence-corrected chi connectivity index (χ0v) is 21.4. The van der Waals surface area contributed by atoms with Crippen LogP contribution in [0.1, 0.15) is 16.7 Å². The van der Waals surface area contributed by atoms with Crippen LogP contribution in [-0.4, -0.2) is 41.3 Å². The second-order valence-corrected chi connectivity index (χ2v) is 9.96. The smallest absolute Gasteiger partial charge is 0.264 e. The number of anilines is 1. The van der Waals surface area contributed by atoms with E-state index in [4.69, 9.17) is 21.1 Å². The molecule has 0 aliphatic rings. The number of sulfonamides is 1.